The lowest BCUT2D eigenvalue weighted by Crippen LogP contribution is -2.09. The van der Waals surface area contributed by atoms with Crippen LogP contribution in [0.5, 0.6) is 0 Å². The largest absolute Gasteiger partial charge is 0.308 e. The highest BCUT2D eigenvalue weighted by Crippen LogP contribution is 2.47. The van der Waals surface area contributed by atoms with Gasteiger partial charge < -0.3 is 4.40 Å². The van der Waals surface area contributed by atoms with Gasteiger partial charge in [-0.15, -0.1) is 11.3 Å². The summed E-state index contributed by atoms with van der Waals surface area (Å²) in [6, 6.07) is 70.7. The Labute approximate surface area is 489 Å². The summed E-state index contributed by atoms with van der Waals surface area (Å²) in [7, 11) is 0. The molecule has 4 aliphatic carbocycles. The Balaban J connectivity index is 0.769. The molecule has 12 aromatic rings. The van der Waals surface area contributed by atoms with Crippen molar-refractivity contribution >= 4 is 92.0 Å². The number of hydrogen-bond donors (Lipinski definition) is 0. The third-order valence-corrected chi connectivity index (χ3v) is 22.3. The lowest BCUT2D eigenvalue weighted by Gasteiger charge is -2.25. The molecule has 9 aromatic carbocycles. The molecule has 2 heteroatoms. The van der Waals surface area contributed by atoms with E-state index in [2.05, 4.69) is 186 Å². The summed E-state index contributed by atoms with van der Waals surface area (Å²) in [6.07, 6.45) is 30.5. The lowest BCUT2D eigenvalue weighted by atomic mass is 9.80. The zero-order valence-corrected chi connectivity index (χ0v) is 48.7. The lowest BCUT2D eigenvalue weighted by molar-refractivity contribution is 0.443. The average Bonchev–Trinajstić information content (AvgIpc) is 2.61. The van der Waals surface area contributed by atoms with Crippen molar-refractivity contribution in [1.29, 1.82) is 0 Å². The molecule has 0 bridgehead atoms. The van der Waals surface area contributed by atoms with E-state index in [-0.39, 0.29) is 5.92 Å². The predicted molar refractivity (Wildman–Crippen MR) is 353 cm³/mol. The van der Waals surface area contributed by atoms with Crippen LogP contribution in [-0.2, 0) is 6.42 Å². The summed E-state index contributed by atoms with van der Waals surface area (Å²) in [5, 5.41) is 10.8. The average molecular weight is 1080 g/mol. The van der Waals surface area contributed by atoms with Crippen molar-refractivity contribution in [1.82, 2.24) is 4.40 Å². The molecule has 82 heavy (non-hydrogen) atoms. The van der Waals surface area contributed by atoms with Crippen molar-refractivity contribution in [3.8, 4) is 0 Å². The standard InChI is InChI=1S/C80H77NS/c1-5-15-53(16-6-1)57-26-34-61(35-27-57)71(62-36-28-58(29-37-62)54-17-7-2-8-18-54)45-52-25-43-68-74-49-66-48-73-69-44-42-65(79-70-23-13-14-24-75(70)81(80(69)79)76(73)50-67(66)51-78(74)82-77(68)46-52)47-72(63-38-30-59(31-39-63)55-19-9-3-10-20-55)64-40-32-60(33-41-64)56-21-11-4-12-22-56/h13-14,23-46,48-51,53-56,72H,1-12,15-22,47H2. The second-order valence-electron chi connectivity index (χ2n) is 26.0. The number of thiophene rings is 1. The maximum atomic E-state index is 2.61. The van der Waals surface area contributed by atoms with Gasteiger partial charge in [-0.2, -0.15) is 0 Å². The first-order valence-electron chi connectivity index (χ1n) is 32.2. The van der Waals surface area contributed by atoms with E-state index in [0.29, 0.717) is 23.7 Å². The fourth-order valence-electron chi connectivity index (χ4n) is 16.6. The Morgan fingerprint density at radius 1 is 0.402 bits per heavy atom. The topological polar surface area (TPSA) is 4.41 Å². The second kappa shape index (κ2) is 21.6. The fourth-order valence-corrected chi connectivity index (χ4v) is 17.8. The van der Waals surface area contributed by atoms with Crippen LogP contribution < -0.4 is 0 Å². The number of benzene rings is 9. The van der Waals surface area contributed by atoms with Crippen LogP contribution >= 0.6 is 11.3 Å². The van der Waals surface area contributed by atoms with Gasteiger partial charge in [0, 0.05) is 47.6 Å². The zero-order chi connectivity index (χ0) is 54.1. The Morgan fingerprint density at radius 3 is 1.43 bits per heavy atom. The quantitative estimate of drug-likeness (QED) is 0.114. The number of rotatable bonds is 11. The van der Waals surface area contributed by atoms with Crippen LogP contribution in [0.15, 0.2) is 176 Å². The van der Waals surface area contributed by atoms with Gasteiger partial charge in [-0.3, -0.25) is 0 Å². The Kier molecular flexibility index (Phi) is 13.4. The van der Waals surface area contributed by atoms with E-state index in [0.717, 1.165) is 6.42 Å². The van der Waals surface area contributed by atoms with E-state index >= 15 is 0 Å². The van der Waals surface area contributed by atoms with E-state index in [1.54, 1.807) is 0 Å². The molecule has 0 N–H and O–H groups in total. The number of fused-ring (bicyclic) bond motifs is 10. The first kappa shape index (κ1) is 50.7. The van der Waals surface area contributed by atoms with Crippen molar-refractivity contribution in [2.24, 2.45) is 0 Å². The van der Waals surface area contributed by atoms with Gasteiger partial charge in [0.05, 0.1) is 16.6 Å². The van der Waals surface area contributed by atoms with E-state index in [4.69, 9.17) is 0 Å². The minimum atomic E-state index is 0.255. The summed E-state index contributed by atoms with van der Waals surface area (Å²) < 4.78 is 5.31. The van der Waals surface area contributed by atoms with Crippen LogP contribution in [0.2, 0.25) is 0 Å². The fraction of sp³-hybridized carbons (Fsp3) is 0.325. The van der Waals surface area contributed by atoms with Crippen LogP contribution in [0.1, 0.15) is 214 Å². The van der Waals surface area contributed by atoms with Crippen molar-refractivity contribution in [3.05, 3.63) is 232 Å². The van der Waals surface area contributed by atoms with Gasteiger partial charge in [-0.05, 0) is 196 Å². The minimum Gasteiger partial charge on any atom is -0.308 e. The van der Waals surface area contributed by atoms with Gasteiger partial charge in [0.2, 0.25) is 0 Å². The summed E-state index contributed by atoms with van der Waals surface area (Å²) in [4.78, 5) is 0. The molecule has 0 unspecified atom stereocenters. The maximum absolute atomic E-state index is 2.61. The highest BCUT2D eigenvalue weighted by atomic mass is 32.1. The van der Waals surface area contributed by atoms with Gasteiger partial charge in [-0.1, -0.05) is 217 Å². The van der Waals surface area contributed by atoms with Crippen LogP contribution in [0.3, 0.4) is 0 Å². The number of para-hydroxylation sites is 1. The van der Waals surface area contributed by atoms with Gasteiger partial charge >= 0.3 is 0 Å². The molecule has 0 aliphatic heterocycles. The molecule has 0 spiro atoms. The molecule has 1 nitrogen and oxygen atoms in total. The van der Waals surface area contributed by atoms with Gasteiger partial charge in [0.15, 0.2) is 0 Å². The van der Waals surface area contributed by atoms with Gasteiger partial charge in [-0.25, -0.2) is 0 Å². The third kappa shape index (κ3) is 9.27. The maximum Gasteiger partial charge on any atom is 0.0623 e. The molecule has 408 valence electrons. The molecule has 4 aliphatic rings. The van der Waals surface area contributed by atoms with E-state index < -0.39 is 0 Å². The summed E-state index contributed by atoms with van der Waals surface area (Å²) in [6.45, 7) is 0. The number of aromatic nitrogens is 1. The molecule has 3 aromatic heterocycles. The van der Waals surface area contributed by atoms with Crippen molar-refractivity contribution < 1.29 is 0 Å². The molecular weight excluding hydrogens is 1010 g/mol. The Bertz CT molecular complexity index is 4170. The van der Waals surface area contributed by atoms with Crippen molar-refractivity contribution in [2.45, 2.75) is 164 Å². The van der Waals surface area contributed by atoms with E-state index in [1.165, 1.54) is 259 Å². The van der Waals surface area contributed by atoms with Crippen LogP contribution in [0.25, 0.3) is 80.7 Å². The number of hydrogen-bond acceptors (Lipinski definition) is 1. The van der Waals surface area contributed by atoms with E-state index in [1.807, 2.05) is 11.3 Å². The molecule has 0 amide bonds. The zero-order valence-electron chi connectivity index (χ0n) is 47.9. The smallest absolute Gasteiger partial charge is 0.0623 e. The van der Waals surface area contributed by atoms with Crippen LogP contribution in [0, 0.1) is 0 Å². The van der Waals surface area contributed by atoms with Crippen LogP contribution in [-0.4, -0.2) is 4.40 Å². The molecule has 16 rings (SSSR count). The molecule has 3 heterocycles. The first-order valence-corrected chi connectivity index (χ1v) is 33.1. The minimum absolute atomic E-state index is 0.255. The normalized spacial score (nSPS) is 17.5. The summed E-state index contributed by atoms with van der Waals surface area (Å²) >= 11 is 1.95. The Morgan fingerprint density at radius 2 is 0.878 bits per heavy atom. The van der Waals surface area contributed by atoms with Crippen molar-refractivity contribution in [3.63, 3.8) is 0 Å². The van der Waals surface area contributed by atoms with Gasteiger partial charge in [0.1, 0.15) is 0 Å². The van der Waals surface area contributed by atoms with E-state index in [9.17, 15) is 0 Å². The summed E-state index contributed by atoms with van der Waals surface area (Å²) in [5.74, 6) is 3.08. The summed E-state index contributed by atoms with van der Waals surface area (Å²) in [5.41, 5.74) is 19.6. The highest BCUT2D eigenvalue weighted by molar-refractivity contribution is 7.25. The second-order valence-corrected chi connectivity index (χ2v) is 27.1. The SMILES string of the molecule is C(=C(c1ccc(C2CCCCC2)cc1)c1ccc(C2CCCCC2)cc1)c1ccc2c(c1)sc1cc3cc4c(cc3cc12)c1ccc(CC(c2ccc(C3CCCCC3)cc2)c2ccc(C3CCCCC3)cc2)c2c3ccccc3n4c12. The third-order valence-electron chi connectivity index (χ3n) is 21.2. The Hall–Kier alpha value is -7.00. The highest BCUT2D eigenvalue weighted by Gasteiger charge is 2.26. The van der Waals surface area contributed by atoms with Gasteiger partial charge in [0.25, 0.3) is 0 Å². The first-order chi connectivity index (χ1) is 40.6. The number of nitrogens with zero attached hydrogens (tertiary/aromatic N) is 1. The monoisotopic (exact) mass is 1080 g/mol. The van der Waals surface area contributed by atoms with Crippen molar-refractivity contribution in [2.75, 3.05) is 0 Å². The molecule has 4 saturated carbocycles. The molecule has 4 fully saturated rings. The van der Waals surface area contributed by atoms with Crippen LogP contribution in [0.4, 0.5) is 0 Å². The molecule has 0 radical (unpaired) electrons. The molecule has 0 saturated heterocycles. The molecule has 0 atom stereocenters. The molecular formula is C80H77NS. The predicted octanol–water partition coefficient (Wildman–Crippen LogP) is 23.5.